The Morgan fingerprint density at radius 2 is 2.38 bits per heavy atom. The average molecular weight is 180 g/mol. The summed E-state index contributed by atoms with van der Waals surface area (Å²) >= 11 is 0. The Bertz CT molecular complexity index is 229. The maximum atomic E-state index is 5.15. The van der Waals surface area contributed by atoms with Crippen LogP contribution in [0.4, 0.5) is 0 Å². The van der Waals surface area contributed by atoms with E-state index < -0.39 is 0 Å². The van der Waals surface area contributed by atoms with Crippen molar-refractivity contribution in [3.05, 3.63) is 25.1 Å². The molecule has 2 rings (SSSR count). The van der Waals surface area contributed by atoms with Crippen molar-refractivity contribution in [2.45, 2.75) is 6.54 Å². The summed E-state index contributed by atoms with van der Waals surface area (Å²) in [5, 5.41) is 4.15. The Kier molecular flexibility index (Phi) is 2.94. The molecule has 0 aromatic carbocycles. The standard InChI is InChI=1S/C9H14N3O/c1-2-10-12(3-1)5-4-11-6-8-13-9-7-11/h1-3,8H,4-7,9H2. The third-order valence-corrected chi connectivity index (χ3v) is 2.18. The molecule has 0 atom stereocenters. The third-order valence-electron chi connectivity index (χ3n) is 2.18. The van der Waals surface area contributed by atoms with Crippen LogP contribution in [0.2, 0.25) is 0 Å². The van der Waals surface area contributed by atoms with E-state index in [-0.39, 0.29) is 0 Å². The third kappa shape index (κ3) is 2.54. The van der Waals surface area contributed by atoms with Crippen LogP contribution in [0.15, 0.2) is 18.5 Å². The molecule has 1 saturated heterocycles. The molecule has 71 valence electrons. The van der Waals surface area contributed by atoms with E-state index >= 15 is 0 Å². The fraction of sp³-hybridized carbons (Fsp3) is 0.556. The van der Waals surface area contributed by atoms with Crippen LogP contribution in [0, 0.1) is 6.61 Å². The molecule has 0 N–H and O–H groups in total. The van der Waals surface area contributed by atoms with Crippen molar-refractivity contribution >= 4 is 0 Å². The molecule has 0 bridgehead atoms. The molecule has 1 aliphatic heterocycles. The van der Waals surface area contributed by atoms with Crippen LogP contribution in [-0.4, -0.2) is 40.9 Å². The van der Waals surface area contributed by atoms with E-state index in [2.05, 4.69) is 10.00 Å². The Labute approximate surface area is 78.1 Å². The minimum atomic E-state index is 0.819. The van der Waals surface area contributed by atoms with Crippen molar-refractivity contribution in [2.24, 2.45) is 0 Å². The van der Waals surface area contributed by atoms with Gasteiger partial charge < -0.3 is 4.74 Å². The molecule has 1 radical (unpaired) electrons. The molecule has 0 aliphatic carbocycles. The van der Waals surface area contributed by atoms with Gasteiger partial charge in [-0.1, -0.05) is 0 Å². The largest absolute Gasteiger partial charge is 0.373 e. The average Bonchev–Trinajstić information content (AvgIpc) is 2.69. The smallest absolute Gasteiger partial charge is 0.0976 e. The molecule has 0 amide bonds. The monoisotopic (exact) mass is 180 g/mol. The lowest BCUT2D eigenvalue weighted by Crippen LogP contribution is -2.36. The van der Waals surface area contributed by atoms with Crippen molar-refractivity contribution < 1.29 is 4.74 Å². The van der Waals surface area contributed by atoms with Crippen molar-refractivity contribution in [1.82, 2.24) is 14.7 Å². The summed E-state index contributed by atoms with van der Waals surface area (Å²) in [4.78, 5) is 2.35. The molecular weight excluding hydrogens is 166 g/mol. The highest BCUT2D eigenvalue weighted by Gasteiger charge is 2.09. The first-order valence-corrected chi connectivity index (χ1v) is 4.58. The van der Waals surface area contributed by atoms with E-state index in [1.165, 1.54) is 0 Å². The van der Waals surface area contributed by atoms with Crippen LogP contribution in [0.3, 0.4) is 0 Å². The minimum Gasteiger partial charge on any atom is -0.373 e. The van der Waals surface area contributed by atoms with E-state index in [0.717, 1.165) is 32.8 Å². The second-order valence-corrected chi connectivity index (χ2v) is 3.11. The van der Waals surface area contributed by atoms with Crippen LogP contribution in [0.25, 0.3) is 0 Å². The molecule has 0 spiro atoms. The molecule has 0 saturated carbocycles. The van der Waals surface area contributed by atoms with Gasteiger partial charge in [0.15, 0.2) is 0 Å². The summed E-state index contributed by atoms with van der Waals surface area (Å²) in [6, 6.07) is 1.95. The molecule has 1 aromatic heterocycles. The Morgan fingerprint density at radius 1 is 1.38 bits per heavy atom. The van der Waals surface area contributed by atoms with Crippen LogP contribution < -0.4 is 0 Å². The van der Waals surface area contributed by atoms with Crippen LogP contribution in [0.1, 0.15) is 0 Å². The zero-order valence-electron chi connectivity index (χ0n) is 7.59. The molecule has 1 fully saturated rings. The van der Waals surface area contributed by atoms with Gasteiger partial charge in [0.1, 0.15) is 0 Å². The molecule has 1 aromatic rings. The zero-order chi connectivity index (χ0) is 8.93. The number of hydrogen-bond acceptors (Lipinski definition) is 3. The van der Waals surface area contributed by atoms with Gasteiger partial charge in [0.25, 0.3) is 0 Å². The van der Waals surface area contributed by atoms with E-state index in [1.807, 2.05) is 29.7 Å². The molecule has 1 aliphatic rings. The van der Waals surface area contributed by atoms with E-state index in [9.17, 15) is 0 Å². The first-order valence-electron chi connectivity index (χ1n) is 4.58. The van der Waals surface area contributed by atoms with Crippen LogP contribution in [0.5, 0.6) is 0 Å². The van der Waals surface area contributed by atoms with E-state index in [4.69, 9.17) is 4.74 Å². The quantitative estimate of drug-likeness (QED) is 0.673. The highest BCUT2D eigenvalue weighted by atomic mass is 16.5. The van der Waals surface area contributed by atoms with Gasteiger partial charge >= 0.3 is 0 Å². The van der Waals surface area contributed by atoms with E-state index in [0.29, 0.717) is 0 Å². The molecule has 4 heteroatoms. The first kappa shape index (κ1) is 8.72. The summed E-state index contributed by atoms with van der Waals surface area (Å²) in [5.74, 6) is 0. The predicted molar refractivity (Wildman–Crippen MR) is 48.9 cm³/mol. The SMILES string of the molecule is [CH]1CN(CCn2cccn2)CCO1. The van der Waals surface area contributed by atoms with Gasteiger partial charge in [0, 0.05) is 32.0 Å². The summed E-state index contributed by atoms with van der Waals surface area (Å²) in [6.45, 7) is 6.65. The van der Waals surface area contributed by atoms with Gasteiger partial charge in [-0.2, -0.15) is 5.10 Å². The first-order chi connectivity index (χ1) is 6.45. The lowest BCUT2D eigenvalue weighted by molar-refractivity contribution is 0.0826. The maximum absolute atomic E-state index is 5.15. The summed E-state index contributed by atoms with van der Waals surface area (Å²) < 4.78 is 7.10. The van der Waals surface area contributed by atoms with Gasteiger partial charge in [-0.3, -0.25) is 9.58 Å². The van der Waals surface area contributed by atoms with Crippen LogP contribution in [-0.2, 0) is 11.3 Å². The van der Waals surface area contributed by atoms with Crippen molar-refractivity contribution in [1.29, 1.82) is 0 Å². The second-order valence-electron chi connectivity index (χ2n) is 3.11. The number of morpholine rings is 1. The summed E-state index contributed by atoms with van der Waals surface area (Å²) in [6.07, 6.45) is 3.80. The lowest BCUT2D eigenvalue weighted by Gasteiger charge is -2.25. The fourth-order valence-electron chi connectivity index (χ4n) is 1.39. The lowest BCUT2D eigenvalue weighted by atomic mass is 10.4. The number of aromatic nitrogens is 2. The molecule has 0 unspecified atom stereocenters. The fourth-order valence-corrected chi connectivity index (χ4v) is 1.39. The highest BCUT2D eigenvalue weighted by molar-refractivity contribution is 4.78. The maximum Gasteiger partial charge on any atom is 0.0976 e. The topological polar surface area (TPSA) is 30.3 Å². The normalized spacial score (nSPS) is 19.1. The molecule has 2 heterocycles. The van der Waals surface area contributed by atoms with Crippen molar-refractivity contribution in [2.75, 3.05) is 26.2 Å². The summed E-state index contributed by atoms with van der Waals surface area (Å²) in [7, 11) is 0. The minimum absolute atomic E-state index is 0.819. The molecule has 4 nitrogen and oxygen atoms in total. The molecular formula is C9H14N3O. The zero-order valence-corrected chi connectivity index (χ0v) is 7.59. The van der Waals surface area contributed by atoms with E-state index in [1.54, 1.807) is 0 Å². The van der Waals surface area contributed by atoms with Gasteiger partial charge in [0.2, 0.25) is 0 Å². The van der Waals surface area contributed by atoms with Gasteiger partial charge in [-0.25, -0.2) is 0 Å². The van der Waals surface area contributed by atoms with Crippen molar-refractivity contribution in [3.63, 3.8) is 0 Å². The number of rotatable bonds is 3. The van der Waals surface area contributed by atoms with Gasteiger partial charge in [0.05, 0.1) is 19.8 Å². The Balaban J connectivity index is 1.72. The van der Waals surface area contributed by atoms with Gasteiger partial charge in [-0.15, -0.1) is 0 Å². The van der Waals surface area contributed by atoms with Crippen molar-refractivity contribution in [3.8, 4) is 0 Å². The Hall–Kier alpha value is -0.870. The summed E-state index contributed by atoms with van der Waals surface area (Å²) in [5.41, 5.74) is 0. The number of ether oxygens (including phenoxy) is 1. The highest BCUT2D eigenvalue weighted by Crippen LogP contribution is 1.99. The molecule has 13 heavy (non-hydrogen) atoms. The number of hydrogen-bond donors (Lipinski definition) is 0. The van der Waals surface area contributed by atoms with Gasteiger partial charge in [-0.05, 0) is 6.07 Å². The van der Waals surface area contributed by atoms with Crippen LogP contribution >= 0.6 is 0 Å². The second kappa shape index (κ2) is 4.39. The Morgan fingerprint density at radius 3 is 3.08 bits per heavy atom. The number of nitrogens with zero attached hydrogens (tertiary/aromatic N) is 3. The predicted octanol–water partition coefficient (Wildman–Crippen LogP) is 0.377.